The molecule has 3 heterocycles. The van der Waals surface area contributed by atoms with Gasteiger partial charge in [0.2, 0.25) is 0 Å². The fraction of sp³-hybridized carbons (Fsp3) is 0.629. The highest BCUT2D eigenvalue weighted by molar-refractivity contribution is 5.98. The van der Waals surface area contributed by atoms with Gasteiger partial charge >= 0.3 is 6.03 Å². The Balaban J connectivity index is 0.914. The van der Waals surface area contributed by atoms with Crippen molar-refractivity contribution < 1.29 is 14.6 Å². The molecule has 2 atom stereocenters. The lowest BCUT2D eigenvalue weighted by atomic mass is 9.52. The van der Waals surface area contributed by atoms with Gasteiger partial charge in [0.1, 0.15) is 0 Å². The van der Waals surface area contributed by atoms with Crippen molar-refractivity contribution in [3.05, 3.63) is 48.5 Å². The van der Waals surface area contributed by atoms with Crippen LogP contribution in [0, 0.1) is 17.8 Å². The highest BCUT2D eigenvalue weighted by Gasteiger charge is 2.55. The van der Waals surface area contributed by atoms with Gasteiger partial charge < -0.3 is 30.3 Å². The largest absolute Gasteiger partial charge is 0.390 e. The Bertz CT molecular complexity index is 1290. The molecule has 4 bridgehead atoms. The molecule has 4 saturated carbocycles. The molecule has 230 valence electrons. The predicted octanol–water partition coefficient (Wildman–Crippen LogP) is 5.03. The van der Waals surface area contributed by atoms with Crippen LogP contribution in [0.1, 0.15) is 57.8 Å². The van der Waals surface area contributed by atoms with Gasteiger partial charge in [0.05, 0.1) is 29.2 Å². The van der Waals surface area contributed by atoms with Crippen molar-refractivity contribution in [3.8, 4) is 0 Å². The number of amides is 2. The topological polar surface area (TPSA) is 80.3 Å². The molecule has 8 heteroatoms. The van der Waals surface area contributed by atoms with Crippen LogP contribution in [0.2, 0.25) is 0 Å². The van der Waals surface area contributed by atoms with Gasteiger partial charge in [-0.25, -0.2) is 4.79 Å². The van der Waals surface area contributed by atoms with Crippen LogP contribution in [0.15, 0.2) is 48.5 Å². The summed E-state index contributed by atoms with van der Waals surface area (Å²) in [6.07, 6.45) is 10.2. The molecule has 4 aliphatic carbocycles. The second-order valence-electron chi connectivity index (χ2n) is 14.2. The molecule has 3 aliphatic heterocycles. The Morgan fingerprint density at radius 1 is 0.814 bits per heavy atom. The number of urea groups is 1. The van der Waals surface area contributed by atoms with Crippen LogP contribution >= 0.6 is 0 Å². The number of hydrogen-bond donors (Lipinski definition) is 3. The zero-order chi connectivity index (χ0) is 29.0. The average molecular weight is 586 g/mol. The SMILES string of the molecule is O=C(N[C@H]1C2CC3CC1C[C@@](O)(C3)C2)N1CCN(c2ccc(N3CCC(OC4CCNCC4)CC3)cc2)c2ccccc21. The number of carbonyl (C=O) groups is 1. The molecule has 0 radical (unpaired) electrons. The number of benzene rings is 2. The zero-order valence-electron chi connectivity index (χ0n) is 25.3. The lowest BCUT2D eigenvalue weighted by molar-refractivity contribution is -0.136. The Hall–Kier alpha value is -2.81. The summed E-state index contributed by atoms with van der Waals surface area (Å²) in [5.41, 5.74) is 3.99. The standard InChI is InChI=1S/C35H47N5O3/c41-34(37-33-25-19-24-20-26(33)23-35(42,21-24)22-25)40-18-17-39(31-3-1-2-4-32(31)40)28-7-5-27(6-8-28)38-15-11-30(12-16-38)43-29-9-13-36-14-10-29/h1-8,24-26,29-30,33,36,42H,9-23H2,(H,37,41)/t24?,25?,26?,33-,35+. The van der Waals surface area contributed by atoms with E-state index >= 15 is 0 Å². The van der Waals surface area contributed by atoms with Gasteiger partial charge in [-0.2, -0.15) is 0 Å². The summed E-state index contributed by atoms with van der Waals surface area (Å²) in [5, 5.41) is 17.9. The van der Waals surface area contributed by atoms with Gasteiger partial charge in [-0.1, -0.05) is 12.1 Å². The summed E-state index contributed by atoms with van der Waals surface area (Å²) < 4.78 is 6.43. The molecule has 43 heavy (non-hydrogen) atoms. The Morgan fingerprint density at radius 2 is 1.47 bits per heavy atom. The van der Waals surface area contributed by atoms with Crippen LogP contribution < -0.4 is 25.3 Å². The van der Waals surface area contributed by atoms with Crippen LogP contribution in [-0.2, 0) is 4.74 Å². The third-order valence-corrected chi connectivity index (χ3v) is 11.4. The molecular weight excluding hydrogens is 538 g/mol. The fourth-order valence-electron chi connectivity index (χ4n) is 9.58. The van der Waals surface area contributed by atoms with E-state index in [4.69, 9.17) is 4.74 Å². The van der Waals surface area contributed by atoms with E-state index in [1.165, 1.54) is 5.69 Å². The van der Waals surface area contributed by atoms with Gasteiger partial charge in [-0.15, -0.1) is 0 Å². The van der Waals surface area contributed by atoms with E-state index in [0.29, 0.717) is 36.5 Å². The lowest BCUT2D eigenvalue weighted by Gasteiger charge is -2.58. The maximum Gasteiger partial charge on any atom is 0.322 e. The number of hydrogen-bond acceptors (Lipinski definition) is 6. The molecule has 2 saturated heterocycles. The van der Waals surface area contributed by atoms with Gasteiger partial charge in [0, 0.05) is 43.6 Å². The van der Waals surface area contributed by atoms with Crippen molar-refractivity contribution >= 4 is 28.8 Å². The van der Waals surface area contributed by atoms with Gasteiger partial charge in [0.25, 0.3) is 0 Å². The highest BCUT2D eigenvalue weighted by atomic mass is 16.5. The Morgan fingerprint density at radius 3 is 2.16 bits per heavy atom. The fourth-order valence-corrected chi connectivity index (χ4v) is 9.58. The molecular formula is C35H47N5O3. The minimum atomic E-state index is -0.483. The summed E-state index contributed by atoms with van der Waals surface area (Å²) >= 11 is 0. The van der Waals surface area contributed by atoms with Crippen molar-refractivity contribution in [3.63, 3.8) is 0 Å². The number of nitrogens with zero attached hydrogens (tertiary/aromatic N) is 3. The number of carbonyl (C=O) groups excluding carboxylic acids is 1. The number of piperidine rings is 2. The van der Waals surface area contributed by atoms with Crippen LogP contribution in [0.25, 0.3) is 0 Å². The van der Waals surface area contributed by atoms with Crippen LogP contribution in [-0.4, -0.2) is 74.3 Å². The summed E-state index contributed by atoms with van der Waals surface area (Å²) in [5.74, 6) is 1.45. The monoisotopic (exact) mass is 585 g/mol. The summed E-state index contributed by atoms with van der Waals surface area (Å²) in [6, 6.07) is 17.5. The molecule has 2 amide bonds. The number of ether oxygens (including phenoxy) is 1. The molecule has 0 spiro atoms. The molecule has 9 rings (SSSR count). The van der Waals surface area contributed by atoms with Crippen molar-refractivity contribution in [2.75, 3.05) is 54.0 Å². The van der Waals surface area contributed by atoms with Gasteiger partial charge in [0.15, 0.2) is 0 Å². The lowest BCUT2D eigenvalue weighted by Crippen LogP contribution is -2.63. The second kappa shape index (κ2) is 11.3. The van der Waals surface area contributed by atoms with E-state index in [0.717, 1.165) is 108 Å². The molecule has 3 N–H and O–H groups in total. The molecule has 6 fully saturated rings. The third-order valence-electron chi connectivity index (χ3n) is 11.4. The predicted molar refractivity (Wildman–Crippen MR) is 170 cm³/mol. The van der Waals surface area contributed by atoms with Gasteiger partial charge in [-0.05, 0) is 125 Å². The van der Waals surface area contributed by atoms with Crippen LogP contribution in [0.5, 0.6) is 0 Å². The van der Waals surface area contributed by atoms with E-state index in [-0.39, 0.29) is 12.1 Å². The van der Waals surface area contributed by atoms with Crippen molar-refractivity contribution in [2.24, 2.45) is 17.8 Å². The number of anilines is 4. The Kier molecular flexibility index (Phi) is 7.27. The van der Waals surface area contributed by atoms with Crippen LogP contribution in [0.3, 0.4) is 0 Å². The summed E-state index contributed by atoms with van der Waals surface area (Å²) in [6.45, 7) is 5.63. The third kappa shape index (κ3) is 5.40. The van der Waals surface area contributed by atoms with E-state index in [2.05, 4.69) is 62.9 Å². The minimum Gasteiger partial charge on any atom is -0.390 e. The van der Waals surface area contributed by atoms with Crippen molar-refractivity contribution in [1.82, 2.24) is 10.6 Å². The first-order chi connectivity index (χ1) is 21.0. The second-order valence-corrected chi connectivity index (χ2v) is 14.2. The highest BCUT2D eigenvalue weighted by Crippen LogP contribution is 2.55. The average Bonchev–Trinajstić information content (AvgIpc) is 3.02. The molecule has 2 unspecified atom stereocenters. The van der Waals surface area contributed by atoms with E-state index in [9.17, 15) is 9.90 Å². The maximum atomic E-state index is 13.7. The van der Waals surface area contributed by atoms with Crippen molar-refractivity contribution in [1.29, 1.82) is 0 Å². The van der Waals surface area contributed by atoms with Gasteiger partial charge in [-0.3, -0.25) is 4.90 Å². The normalized spacial score (nSPS) is 32.6. The number of fused-ring (bicyclic) bond motifs is 1. The Labute approximate surface area is 255 Å². The number of aliphatic hydroxyl groups is 1. The summed E-state index contributed by atoms with van der Waals surface area (Å²) in [4.78, 5) is 20.5. The first-order valence-corrected chi connectivity index (χ1v) is 16.9. The smallest absolute Gasteiger partial charge is 0.322 e. The first kappa shape index (κ1) is 27.7. The van der Waals surface area contributed by atoms with E-state index < -0.39 is 5.60 Å². The summed E-state index contributed by atoms with van der Waals surface area (Å²) in [7, 11) is 0. The number of para-hydroxylation sites is 2. The van der Waals surface area contributed by atoms with Crippen LogP contribution in [0.4, 0.5) is 27.5 Å². The number of nitrogens with one attached hydrogen (secondary N) is 2. The van der Waals surface area contributed by atoms with Crippen molar-refractivity contribution in [2.45, 2.75) is 81.6 Å². The minimum absolute atomic E-state index is 0.0134. The maximum absolute atomic E-state index is 13.7. The molecule has 7 aliphatic rings. The first-order valence-electron chi connectivity index (χ1n) is 16.9. The van der Waals surface area contributed by atoms with E-state index in [1.807, 2.05) is 11.0 Å². The molecule has 2 aromatic carbocycles. The molecule has 0 aromatic heterocycles. The molecule has 2 aromatic rings. The molecule has 8 nitrogen and oxygen atoms in total. The zero-order valence-corrected chi connectivity index (χ0v) is 25.3. The quantitative estimate of drug-likeness (QED) is 0.457. The number of rotatable bonds is 5. The van der Waals surface area contributed by atoms with E-state index in [1.54, 1.807) is 0 Å².